The van der Waals surface area contributed by atoms with Gasteiger partial charge in [0.1, 0.15) is 0 Å². The predicted octanol–water partition coefficient (Wildman–Crippen LogP) is -0.564. The first-order valence-corrected chi connectivity index (χ1v) is 5.69. The number of sulfonamides is 1. The number of nitrogens with two attached hydrogens (primary N) is 1. The zero-order valence-corrected chi connectivity index (χ0v) is 8.89. The Labute approximate surface area is 78.7 Å². The summed E-state index contributed by atoms with van der Waals surface area (Å²) in [5, 5.41) is 0. The van der Waals surface area contributed by atoms with Gasteiger partial charge < -0.3 is 5.73 Å². The second-order valence-corrected chi connectivity index (χ2v) is 5.22. The van der Waals surface area contributed by atoms with Crippen molar-refractivity contribution in [1.29, 1.82) is 0 Å². The minimum atomic E-state index is -3.38. The molecule has 0 aliphatic rings. The van der Waals surface area contributed by atoms with Gasteiger partial charge in [-0.1, -0.05) is 13.8 Å². The molecule has 5 nitrogen and oxygen atoms in total. The summed E-state index contributed by atoms with van der Waals surface area (Å²) < 4.78 is 24.7. The fourth-order valence-electron chi connectivity index (χ4n) is 0.814. The van der Waals surface area contributed by atoms with E-state index in [1.165, 1.54) is 6.92 Å². The highest BCUT2D eigenvalue weighted by Crippen LogP contribution is 1.98. The Bertz CT molecular complexity index is 271. The van der Waals surface area contributed by atoms with Gasteiger partial charge in [-0.15, -0.1) is 0 Å². The quantitative estimate of drug-likeness (QED) is 0.634. The van der Waals surface area contributed by atoms with Crippen molar-refractivity contribution < 1.29 is 13.2 Å². The summed E-state index contributed by atoms with van der Waals surface area (Å²) in [5.41, 5.74) is 4.91. The molecule has 1 amide bonds. The molecule has 78 valence electrons. The summed E-state index contributed by atoms with van der Waals surface area (Å²) in [6, 6.07) is -0.844. The molecule has 0 aliphatic carbocycles. The van der Waals surface area contributed by atoms with Gasteiger partial charge in [0.15, 0.2) is 0 Å². The van der Waals surface area contributed by atoms with Gasteiger partial charge in [0.05, 0.1) is 11.8 Å². The Balaban J connectivity index is 4.27. The molecular formula is C7H16N2O3S. The molecule has 6 heteroatoms. The Hall–Kier alpha value is -0.620. The standard InChI is InChI=1S/C7H16N2O3S/c1-5(2)4-13(11,12)9-6(3)7(8)10/h5-6,9H,4H2,1-3H3,(H2,8,10). The van der Waals surface area contributed by atoms with Crippen molar-refractivity contribution in [2.45, 2.75) is 26.8 Å². The number of carbonyl (C=O) groups excluding carboxylic acids is 1. The lowest BCUT2D eigenvalue weighted by Crippen LogP contribution is -2.43. The van der Waals surface area contributed by atoms with Gasteiger partial charge in [-0.3, -0.25) is 4.79 Å². The van der Waals surface area contributed by atoms with Crippen molar-refractivity contribution in [2.24, 2.45) is 11.7 Å². The maximum atomic E-state index is 11.2. The van der Waals surface area contributed by atoms with E-state index in [0.29, 0.717) is 0 Å². The third-order valence-corrected chi connectivity index (χ3v) is 3.15. The molecule has 0 fully saturated rings. The number of hydrogen-bond acceptors (Lipinski definition) is 3. The average Bonchev–Trinajstić information content (AvgIpc) is 1.81. The molecule has 0 aromatic carbocycles. The van der Waals surface area contributed by atoms with Crippen LogP contribution in [0.5, 0.6) is 0 Å². The molecule has 1 atom stereocenters. The normalized spacial score (nSPS) is 14.5. The van der Waals surface area contributed by atoms with Crippen molar-refractivity contribution in [2.75, 3.05) is 5.75 Å². The fourth-order valence-corrected chi connectivity index (χ4v) is 2.44. The molecule has 0 aromatic rings. The first kappa shape index (κ1) is 12.4. The van der Waals surface area contributed by atoms with Crippen LogP contribution in [0.2, 0.25) is 0 Å². The van der Waals surface area contributed by atoms with Crippen LogP contribution < -0.4 is 10.5 Å². The number of carbonyl (C=O) groups is 1. The third-order valence-electron chi connectivity index (χ3n) is 1.34. The molecule has 0 saturated carbocycles. The lowest BCUT2D eigenvalue weighted by molar-refractivity contribution is -0.119. The lowest BCUT2D eigenvalue weighted by Gasteiger charge is -2.11. The van der Waals surface area contributed by atoms with E-state index in [1.807, 2.05) is 0 Å². The van der Waals surface area contributed by atoms with Gasteiger partial charge in [-0.25, -0.2) is 13.1 Å². The van der Waals surface area contributed by atoms with Gasteiger partial charge in [-0.2, -0.15) is 0 Å². The smallest absolute Gasteiger partial charge is 0.235 e. The largest absolute Gasteiger partial charge is 0.368 e. The molecule has 0 radical (unpaired) electrons. The van der Waals surface area contributed by atoms with Crippen molar-refractivity contribution in [3.05, 3.63) is 0 Å². The van der Waals surface area contributed by atoms with Crippen molar-refractivity contribution in [3.63, 3.8) is 0 Å². The molecule has 1 unspecified atom stereocenters. The molecular weight excluding hydrogens is 192 g/mol. The van der Waals surface area contributed by atoms with Crippen LogP contribution in [0.15, 0.2) is 0 Å². The van der Waals surface area contributed by atoms with Gasteiger partial charge in [0.25, 0.3) is 0 Å². The van der Waals surface area contributed by atoms with E-state index in [4.69, 9.17) is 5.73 Å². The molecule has 3 N–H and O–H groups in total. The maximum absolute atomic E-state index is 11.2. The van der Waals surface area contributed by atoms with Gasteiger partial charge >= 0.3 is 0 Å². The summed E-state index contributed by atoms with van der Waals surface area (Å²) >= 11 is 0. The van der Waals surface area contributed by atoms with Gasteiger partial charge in [-0.05, 0) is 12.8 Å². The summed E-state index contributed by atoms with van der Waals surface area (Å²) in [5.74, 6) is -0.644. The molecule has 0 heterocycles. The molecule has 0 bridgehead atoms. The zero-order chi connectivity index (χ0) is 10.6. The summed E-state index contributed by atoms with van der Waals surface area (Å²) in [4.78, 5) is 10.6. The molecule has 13 heavy (non-hydrogen) atoms. The van der Waals surface area contributed by atoms with Crippen LogP contribution in [0, 0.1) is 5.92 Å². The van der Waals surface area contributed by atoms with Crippen molar-refractivity contribution in [3.8, 4) is 0 Å². The van der Waals surface area contributed by atoms with Crippen LogP contribution in [-0.2, 0) is 14.8 Å². The second kappa shape index (κ2) is 4.57. The maximum Gasteiger partial charge on any atom is 0.235 e. The first-order chi connectivity index (χ1) is 5.74. The SMILES string of the molecule is CC(C)CS(=O)(=O)NC(C)C(N)=O. The second-order valence-electron chi connectivity index (χ2n) is 3.42. The molecule has 0 rings (SSSR count). The Morgan fingerprint density at radius 3 is 2.15 bits per heavy atom. The number of hydrogen-bond donors (Lipinski definition) is 2. The van der Waals surface area contributed by atoms with E-state index < -0.39 is 22.0 Å². The number of nitrogens with one attached hydrogen (secondary N) is 1. The number of primary amides is 1. The molecule has 0 saturated heterocycles. The fraction of sp³-hybridized carbons (Fsp3) is 0.857. The first-order valence-electron chi connectivity index (χ1n) is 4.04. The molecule has 0 aromatic heterocycles. The monoisotopic (exact) mass is 208 g/mol. The van der Waals surface area contributed by atoms with Crippen molar-refractivity contribution in [1.82, 2.24) is 4.72 Å². The van der Waals surface area contributed by atoms with Crippen LogP contribution in [0.4, 0.5) is 0 Å². The zero-order valence-electron chi connectivity index (χ0n) is 8.07. The topological polar surface area (TPSA) is 89.3 Å². The van der Waals surface area contributed by atoms with E-state index >= 15 is 0 Å². The van der Waals surface area contributed by atoms with Gasteiger partial charge in [0, 0.05) is 0 Å². The van der Waals surface area contributed by atoms with E-state index in [-0.39, 0.29) is 11.7 Å². The highest BCUT2D eigenvalue weighted by molar-refractivity contribution is 7.89. The van der Waals surface area contributed by atoms with E-state index in [0.717, 1.165) is 0 Å². The highest BCUT2D eigenvalue weighted by Gasteiger charge is 2.18. The molecule has 0 aliphatic heterocycles. The van der Waals surface area contributed by atoms with Gasteiger partial charge in [0.2, 0.25) is 15.9 Å². The Kier molecular flexibility index (Phi) is 4.35. The average molecular weight is 208 g/mol. The van der Waals surface area contributed by atoms with E-state index in [1.54, 1.807) is 13.8 Å². The highest BCUT2D eigenvalue weighted by atomic mass is 32.2. The minimum Gasteiger partial charge on any atom is -0.368 e. The Morgan fingerprint density at radius 1 is 1.38 bits per heavy atom. The lowest BCUT2D eigenvalue weighted by atomic mass is 10.3. The summed E-state index contributed by atoms with van der Waals surface area (Å²) in [6.45, 7) is 4.99. The number of amides is 1. The molecule has 0 spiro atoms. The van der Waals surface area contributed by atoms with E-state index in [9.17, 15) is 13.2 Å². The van der Waals surface area contributed by atoms with Crippen LogP contribution in [0.3, 0.4) is 0 Å². The van der Waals surface area contributed by atoms with E-state index in [2.05, 4.69) is 4.72 Å². The summed E-state index contributed by atoms with van der Waals surface area (Å²) in [7, 11) is -3.38. The predicted molar refractivity (Wildman–Crippen MR) is 50.4 cm³/mol. The van der Waals surface area contributed by atoms with Crippen LogP contribution in [-0.4, -0.2) is 26.1 Å². The van der Waals surface area contributed by atoms with Crippen LogP contribution in [0.25, 0.3) is 0 Å². The summed E-state index contributed by atoms with van der Waals surface area (Å²) in [6.07, 6.45) is 0. The minimum absolute atomic E-state index is 0.00458. The Morgan fingerprint density at radius 2 is 1.85 bits per heavy atom. The van der Waals surface area contributed by atoms with Crippen LogP contribution in [0.1, 0.15) is 20.8 Å². The third kappa shape index (κ3) is 5.59. The number of rotatable bonds is 5. The van der Waals surface area contributed by atoms with Crippen molar-refractivity contribution >= 4 is 15.9 Å². The van der Waals surface area contributed by atoms with Crippen LogP contribution >= 0.6 is 0 Å².